The molecule has 0 amide bonds. The number of rotatable bonds is 4. The summed E-state index contributed by atoms with van der Waals surface area (Å²) in [5.41, 5.74) is 1.31. The minimum absolute atomic E-state index is 0.654. The van der Waals surface area contributed by atoms with Gasteiger partial charge in [0.1, 0.15) is 0 Å². The Bertz CT molecular complexity index is 341. The maximum absolute atomic E-state index is 5.99. The van der Waals surface area contributed by atoms with Crippen molar-refractivity contribution < 1.29 is 0 Å². The molecule has 0 radical (unpaired) electrons. The van der Waals surface area contributed by atoms with E-state index in [9.17, 15) is 0 Å². The van der Waals surface area contributed by atoms with E-state index in [1.807, 2.05) is 12.1 Å². The van der Waals surface area contributed by atoms with Gasteiger partial charge < -0.3 is 0 Å². The smallest absolute Gasteiger partial charge is 0.0595 e. The highest BCUT2D eigenvalue weighted by molar-refractivity contribution is 6.42. The fourth-order valence-electron chi connectivity index (χ4n) is 2.59. The maximum Gasteiger partial charge on any atom is 0.0595 e. The Labute approximate surface area is 108 Å². The van der Waals surface area contributed by atoms with Gasteiger partial charge >= 0.3 is 0 Å². The van der Waals surface area contributed by atoms with Gasteiger partial charge in [-0.15, -0.1) is 0 Å². The van der Waals surface area contributed by atoms with Crippen LogP contribution in [0.1, 0.15) is 44.1 Å². The summed E-state index contributed by atoms with van der Waals surface area (Å²) in [6.45, 7) is 0. The first-order valence-corrected chi connectivity index (χ1v) is 6.95. The first kappa shape index (κ1) is 12.3. The molecular weight excluding hydrogens is 239 g/mol. The third-order valence-electron chi connectivity index (χ3n) is 3.54. The van der Waals surface area contributed by atoms with Gasteiger partial charge in [0, 0.05) is 0 Å². The maximum atomic E-state index is 5.99. The first-order chi connectivity index (χ1) is 7.75. The van der Waals surface area contributed by atoms with E-state index in [0.717, 1.165) is 12.3 Å². The van der Waals surface area contributed by atoms with Crippen LogP contribution in [0.2, 0.25) is 10.0 Å². The molecule has 2 heteroatoms. The van der Waals surface area contributed by atoms with Crippen molar-refractivity contribution in [2.24, 2.45) is 5.92 Å². The molecule has 0 aliphatic heterocycles. The van der Waals surface area contributed by atoms with Crippen molar-refractivity contribution in [3.63, 3.8) is 0 Å². The molecule has 0 heterocycles. The quantitative estimate of drug-likeness (QED) is 0.667. The lowest BCUT2D eigenvalue weighted by Crippen LogP contribution is -1.94. The number of hydrogen-bond acceptors (Lipinski definition) is 0. The van der Waals surface area contributed by atoms with E-state index in [2.05, 4.69) is 6.07 Å². The van der Waals surface area contributed by atoms with Gasteiger partial charge in [0.05, 0.1) is 10.0 Å². The molecule has 1 saturated carbocycles. The predicted octanol–water partition coefficient (Wildman–Crippen LogP) is 5.51. The zero-order valence-corrected chi connectivity index (χ0v) is 11.0. The Morgan fingerprint density at radius 1 is 1.06 bits per heavy atom. The second-order valence-corrected chi connectivity index (χ2v) is 5.61. The summed E-state index contributed by atoms with van der Waals surface area (Å²) in [7, 11) is 0. The number of aryl methyl sites for hydroxylation is 1. The largest absolute Gasteiger partial charge is 0.0827 e. The van der Waals surface area contributed by atoms with Crippen LogP contribution in [0.3, 0.4) is 0 Å². The van der Waals surface area contributed by atoms with Crippen LogP contribution in [0.25, 0.3) is 0 Å². The molecule has 0 atom stereocenters. The molecule has 1 aromatic carbocycles. The van der Waals surface area contributed by atoms with Gasteiger partial charge in [-0.05, 0) is 36.5 Å². The van der Waals surface area contributed by atoms with Gasteiger partial charge in [-0.2, -0.15) is 0 Å². The van der Waals surface area contributed by atoms with E-state index in [1.165, 1.54) is 44.1 Å². The average molecular weight is 257 g/mol. The third kappa shape index (κ3) is 3.40. The summed E-state index contributed by atoms with van der Waals surface area (Å²) in [5, 5.41) is 1.33. The zero-order valence-electron chi connectivity index (χ0n) is 9.52. The Balaban J connectivity index is 1.78. The van der Waals surface area contributed by atoms with Crippen LogP contribution in [0.4, 0.5) is 0 Å². The van der Waals surface area contributed by atoms with Crippen LogP contribution in [-0.4, -0.2) is 0 Å². The van der Waals surface area contributed by atoms with E-state index in [4.69, 9.17) is 23.2 Å². The molecule has 2 rings (SSSR count). The fourth-order valence-corrected chi connectivity index (χ4v) is 2.91. The van der Waals surface area contributed by atoms with Gasteiger partial charge in [-0.1, -0.05) is 61.4 Å². The monoisotopic (exact) mass is 256 g/mol. The van der Waals surface area contributed by atoms with Crippen LogP contribution in [0.5, 0.6) is 0 Å². The Morgan fingerprint density at radius 2 is 1.81 bits per heavy atom. The normalized spacial score (nSPS) is 16.9. The summed E-state index contributed by atoms with van der Waals surface area (Å²) in [5.74, 6) is 0.989. The summed E-state index contributed by atoms with van der Waals surface area (Å²) in [6, 6.07) is 5.98. The van der Waals surface area contributed by atoms with Gasteiger partial charge in [0.15, 0.2) is 0 Å². The lowest BCUT2D eigenvalue weighted by atomic mass is 9.98. The lowest BCUT2D eigenvalue weighted by Gasteiger charge is -2.08. The van der Waals surface area contributed by atoms with Gasteiger partial charge in [-0.25, -0.2) is 0 Å². The lowest BCUT2D eigenvalue weighted by molar-refractivity contribution is 0.484. The molecule has 1 fully saturated rings. The minimum Gasteiger partial charge on any atom is -0.0827 e. The molecule has 0 nitrogen and oxygen atoms in total. The molecule has 0 aromatic heterocycles. The van der Waals surface area contributed by atoms with E-state index in [-0.39, 0.29) is 0 Å². The highest BCUT2D eigenvalue weighted by Gasteiger charge is 2.14. The molecule has 0 bridgehead atoms. The zero-order chi connectivity index (χ0) is 11.4. The molecule has 0 spiro atoms. The van der Waals surface area contributed by atoms with Crippen molar-refractivity contribution in [2.75, 3.05) is 0 Å². The molecular formula is C14H18Cl2. The van der Waals surface area contributed by atoms with E-state index in [1.54, 1.807) is 0 Å². The van der Waals surface area contributed by atoms with Crippen LogP contribution in [-0.2, 0) is 6.42 Å². The second-order valence-electron chi connectivity index (χ2n) is 4.79. The number of halogens is 2. The average Bonchev–Trinajstić information content (AvgIpc) is 2.76. The van der Waals surface area contributed by atoms with E-state index >= 15 is 0 Å². The van der Waals surface area contributed by atoms with Crippen LogP contribution in [0.15, 0.2) is 18.2 Å². The number of benzene rings is 1. The number of hydrogen-bond donors (Lipinski definition) is 0. The summed E-state index contributed by atoms with van der Waals surface area (Å²) >= 11 is 11.9. The minimum atomic E-state index is 0.654. The summed E-state index contributed by atoms with van der Waals surface area (Å²) in [6.07, 6.45) is 9.56. The molecule has 1 aliphatic rings. The van der Waals surface area contributed by atoms with Gasteiger partial charge in [-0.3, -0.25) is 0 Å². The van der Waals surface area contributed by atoms with Gasteiger partial charge in [0.2, 0.25) is 0 Å². The first-order valence-electron chi connectivity index (χ1n) is 6.19. The SMILES string of the molecule is Clc1ccc(CCCC2CCCC2)cc1Cl. The molecule has 1 aromatic rings. The third-order valence-corrected chi connectivity index (χ3v) is 4.28. The molecule has 0 N–H and O–H groups in total. The summed E-state index contributed by atoms with van der Waals surface area (Å²) in [4.78, 5) is 0. The van der Waals surface area contributed by atoms with Crippen molar-refractivity contribution in [3.05, 3.63) is 33.8 Å². The fraction of sp³-hybridized carbons (Fsp3) is 0.571. The highest BCUT2D eigenvalue weighted by atomic mass is 35.5. The highest BCUT2D eigenvalue weighted by Crippen LogP contribution is 2.29. The van der Waals surface area contributed by atoms with Crippen LogP contribution < -0.4 is 0 Å². The van der Waals surface area contributed by atoms with Crippen LogP contribution >= 0.6 is 23.2 Å². The molecule has 88 valence electrons. The molecule has 0 unspecified atom stereocenters. The Morgan fingerprint density at radius 3 is 2.50 bits per heavy atom. The van der Waals surface area contributed by atoms with Gasteiger partial charge in [0.25, 0.3) is 0 Å². The second kappa shape index (κ2) is 5.93. The molecule has 16 heavy (non-hydrogen) atoms. The standard InChI is InChI=1S/C14H18Cl2/c15-13-9-8-12(10-14(13)16)7-3-6-11-4-1-2-5-11/h8-11H,1-7H2. The van der Waals surface area contributed by atoms with Crippen molar-refractivity contribution in [1.29, 1.82) is 0 Å². The van der Waals surface area contributed by atoms with Crippen molar-refractivity contribution in [2.45, 2.75) is 44.9 Å². The topological polar surface area (TPSA) is 0 Å². The van der Waals surface area contributed by atoms with Crippen molar-refractivity contribution in [1.82, 2.24) is 0 Å². The summed E-state index contributed by atoms with van der Waals surface area (Å²) < 4.78 is 0. The van der Waals surface area contributed by atoms with E-state index in [0.29, 0.717) is 10.0 Å². The Hall–Kier alpha value is -0.200. The van der Waals surface area contributed by atoms with E-state index < -0.39 is 0 Å². The molecule has 0 saturated heterocycles. The molecule has 1 aliphatic carbocycles. The van der Waals surface area contributed by atoms with Crippen molar-refractivity contribution in [3.8, 4) is 0 Å². The van der Waals surface area contributed by atoms with Crippen molar-refractivity contribution >= 4 is 23.2 Å². The Kier molecular flexibility index (Phi) is 4.55. The predicted molar refractivity (Wildman–Crippen MR) is 71.4 cm³/mol. The van der Waals surface area contributed by atoms with Crippen LogP contribution in [0, 0.1) is 5.92 Å².